The molecule has 0 aliphatic heterocycles. The number of nitrogens with zero attached hydrogens (tertiary/aromatic N) is 4. The molecule has 0 saturated carbocycles. The summed E-state index contributed by atoms with van der Waals surface area (Å²) in [7, 11) is 0. The van der Waals surface area contributed by atoms with Crippen LogP contribution >= 0.6 is 0 Å². The first-order valence-corrected chi connectivity index (χ1v) is 15.8. The summed E-state index contributed by atoms with van der Waals surface area (Å²) in [5, 5.41) is 4.78. The molecule has 2 heterocycles. The summed E-state index contributed by atoms with van der Waals surface area (Å²) in [4.78, 5) is 14.4. The Hall–Kier alpha value is -6.39. The second kappa shape index (κ2) is 11.2. The van der Waals surface area contributed by atoms with Crippen LogP contribution in [0.1, 0.15) is 0 Å². The number of aromatic nitrogens is 4. The molecule has 0 unspecified atom stereocenters. The SMILES string of the molecule is c1ccc(-c2ccc(-c3ccc(-c4ncnc(-n5c6cc(-c7ccccc7)ccc6c6c7ccccc7ccc65)n4)cc3)cc2)cc1. The van der Waals surface area contributed by atoms with Crippen LogP contribution in [0.2, 0.25) is 0 Å². The van der Waals surface area contributed by atoms with Gasteiger partial charge in [0.25, 0.3) is 0 Å². The third-order valence-corrected chi connectivity index (χ3v) is 8.99. The van der Waals surface area contributed by atoms with Gasteiger partial charge in [0.05, 0.1) is 11.0 Å². The summed E-state index contributed by atoms with van der Waals surface area (Å²) < 4.78 is 2.18. The smallest absolute Gasteiger partial charge is 0.238 e. The molecule has 7 aromatic carbocycles. The van der Waals surface area contributed by atoms with Crippen LogP contribution in [0.15, 0.2) is 170 Å². The minimum atomic E-state index is 0.594. The van der Waals surface area contributed by atoms with Crippen molar-refractivity contribution in [3.63, 3.8) is 0 Å². The molecule has 0 bridgehead atoms. The third-order valence-electron chi connectivity index (χ3n) is 8.99. The summed E-state index contributed by atoms with van der Waals surface area (Å²) >= 11 is 0. The Bertz CT molecular complexity index is 2530. The van der Waals surface area contributed by atoms with E-state index < -0.39 is 0 Å². The number of hydrogen-bond acceptors (Lipinski definition) is 3. The van der Waals surface area contributed by atoms with Crippen molar-refractivity contribution in [1.82, 2.24) is 19.5 Å². The first-order valence-electron chi connectivity index (χ1n) is 15.8. The van der Waals surface area contributed by atoms with Gasteiger partial charge < -0.3 is 0 Å². The van der Waals surface area contributed by atoms with Crippen molar-refractivity contribution in [3.8, 4) is 50.7 Å². The summed E-state index contributed by atoms with van der Waals surface area (Å²) in [5.74, 6) is 1.23. The van der Waals surface area contributed by atoms with Crippen molar-refractivity contribution in [2.24, 2.45) is 0 Å². The van der Waals surface area contributed by atoms with Crippen LogP contribution in [-0.4, -0.2) is 19.5 Å². The van der Waals surface area contributed by atoms with Crippen molar-refractivity contribution in [1.29, 1.82) is 0 Å². The van der Waals surface area contributed by atoms with E-state index in [1.807, 2.05) is 12.1 Å². The Morgan fingerprint density at radius 1 is 0.383 bits per heavy atom. The molecule has 2 aromatic heterocycles. The molecule has 0 radical (unpaired) electrons. The lowest BCUT2D eigenvalue weighted by atomic mass is 9.99. The van der Waals surface area contributed by atoms with E-state index in [9.17, 15) is 0 Å². The molecular formula is C43H28N4. The van der Waals surface area contributed by atoms with Crippen LogP contribution in [0, 0.1) is 0 Å². The Morgan fingerprint density at radius 3 is 1.62 bits per heavy atom. The molecule has 9 rings (SSSR count). The molecule has 0 atom stereocenters. The Balaban J connectivity index is 1.14. The van der Waals surface area contributed by atoms with Crippen molar-refractivity contribution < 1.29 is 0 Å². The standard InChI is InChI=1S/C43H28N4/c1-3-9-29(10-4-1)31-15-17-32(18-16-31)33-19-21-35(22-20-33)42-44-28-45-43(46-42)47-39-26-24-34-13-7-8-14-37(34)41(39)38-25-23-36(27-40(38)47)30-11-5-2-6-12-30/h1-28H. The molecule has 0 amide bonds. The fourth-order valence-corrected chi connectivity index (χ4v) is 6.64. The average Bonchev–Trinajstić information content (AvgIpc) is 3.50. The monoisotopic (exact) mass is 600 g/mol. The van der Waals surface area contributed by atoms with Gasteiger partial charge in [-0.1, -0.05) is 152 Å². The maximum Gasteiger partial charge on any atom is 0.238 e. The molecule has 9 aromatic rings. The molecule has 4 nitrogen and oxygen atoms in total. The van der Waals surface area contributed by atoms with Gasteiger partial charge in [-0.2, -0.15) is 4.98 Å². The molecule has 47 heavy (non-hydrogen) atoms. The van der Waals surface area contributed by atoms with Gasteiger partial charge in [0.2, 0.25) is 5.95 Å². The van der Waals surface area contributed by atoms with Gasteiger partial charge in [0, 0.05) is 16.3 Å². The van der Waals surface area contributed by atoms with E-state index in [1.54, 1.807) is 6.33 Å². The van der Waals surface area contributed by atoms with E-state index in [1.165, 1.54) is 43.8 Å². The Morgan fingerprint density at radius 2 is 0.936 bits per heavy atom. The average molecular weight is 601 g/mol. The number of benzene rings is 7. The Labute approximate surface area is 272 Å². The molecule has 0 saturated heterocycles. The summed E-state index contributed by atoms with van der Waals surface area (Å²) in [6.45, 7) is 0. The minimum Gasteiger partial charge on any atom is -0.278 e. The minimum absolute atomic E-state index is 0.594. The quantitative estimate of drug-likeness (QED) is 0.197. The van der Waals surface area contributed by atoms with Crippen LogP contribution < -0.4 is 0 Å². The van der Waals surface area contributed by atoms with Crippen molar-refractivity contribution >= 4 is 32.6 Å². The fraction of sp³-hybridized carbons (Fsp3) is 0. The fourth-order valence-electron chi connectivity index (χ4n) is 6.64. The molecule has 4 heteroatoms. The number of fused-ring (bicyclic) bond motifs is 5. The van der Waals surface area contributed by atoms with E-state index in [-0.39, 0.29) is 0 Å². The van der Waals surface area contributed by atoms with Crippen LogP contribution in [-0.2, 0) is 0 Å². The van der Waals surface area contributed by atoms with Gasteiger partial charge in [0.15, 0.2) is 5.82 Å². The van der Waals surface area contributed by atoms with E-state index in [0.29, 0.717) is 11.8 Å². The molecule has 0 aliphatic rings. The van der Waals surface area contributed by atoms with E-state index >= 15 is 0 Å². The normalized spacial score (nSPS) is 11.4. The topological polar surface area (TPSA) is 43.6 Å². The predicted molar refractivity (Wildman–Crippen MR) is 193 cm³/mol. The second-order valence-corrected chi connectivity index (χ2v) is 11.7. The zero-order chi connectivity index (χ0) is 31.2. The highest BCUT2D eigenvalue weighted by Gasteiger charge is 2.18. The molecule has 220 valence electrons. The van der Waals surface area contributed by atoms with Crippen LogP contribution in [0.25, 0.3) is 83.3 Å². The van der Waals surface area contributed by atoms with E-state index in [4.69, 9.17) is 9.97 Å². The van der Waals surface area contributed by atoms with Gasteiger partial charge in [-0.3, -0.25) is 4.57 Å². The van der Waals surface area contributed by atoms with Crippen molar-refractivity contribution in [2.45, 2.75) is 0 Å². The lowest BCUT2D eigenvalue weighted by molar-refractivity contribution is 0.947. The lowest BCUT2D eigenvalue weighted by Crippen LogP contribution is -2.03. The largest absolute Gasteiger partial charge is 0.278 e. The highest BCUT2D eigenvalue weighted by Crippen LogP contribution is 2.38. The zero-order valence-corrected chi connectivity index (χ0v) is 25.5. The van der Waals surface area contributed by atoms with Gasteiger partial charge in [-0.15, -0.1) is 0 Å². The van der Waals surface area contributed by atoms with Crippen molar-refractivity contribution in [3.05, 3.63) is 170 Å². The summed E-state index contributed by atoms with van der Waals surface area (Å²) in [6, 6.07) is 57.7. The van der Waals surface area contributed by atoms with Gasteiger partial charge in [-0.25, -0.2) is 9.97 Å². The van der Waals surface area contributed by atoms with Gasteiger partial charge >= 0.3 is 0 Å². The van der Waals surface area contributed by atoms with E-state index in [0.717, 1.165) is 27.7 Å². The first-order chi connectivity index (χ1) is 23.3. The molecule has 0 N–H and O–H groups in total. The maximum absolute atomic E-state index is 5.06. The van der Waals surface area contributed by atoms with Gasteiger partial charge in [-0.05, 0) is 56.3 Å². The third kappa shape index (κ3) is 4.75. The zero-order valence-electron chi connectivity index (χ0n) is 25.5. The lowest BCUT2D eigenvalue weighted by Gasteiger charge is -2.09. The Kier molecular flexibility index (Phi) is 6.43. The first kappa shape index (κ1) is 27.0. The molecule has 0 spiro atoms. The predicted octanol–water partition coefficient (Wildman–Crippen LogP) is 10.8. The van der Waals surface area contributed by atoms with Crippen molar-refractivity contribution in [2.75, 3.05) is 0 Å². The number of hydrogen-bond donors (Lipinski definition) is 0. The van der Waals surface area contributed by atoms with Crippen LogP contribution in [0.4, 0.5) is 0 Å². The molecular weight excluding hydrogens is 573 g/mol. The second-order valence-electron chi connectivity index (χ2n) is 11.7. The van der Waals surface area contributed by atoms with Gasteiger partial charge in [0.1, 0.15) is 6.33 Å². The molecule has 0 fully saturated rings. The van der Waals surface area contributed by atoms with Crippen LogP contribution in [0.5, 0.6) is 0 Å². The maximum atomic E-state index is 5.06. The molecule has 0 aliphatic carbocycles. The van der Waals surface area contributed by atoms with E-state index in [2.05, 4.69) is 161 Å². The highest BCUT2D eigenvalue weighted by atomic mass is 15.2. The highest BCUT2D eigenvalue weighted by molar-refractivity contribution is 6.21. The number of rotatable bonds is 5. The van der Waals surface area contributed by atoms with Crippen LogP contribution in [0.3, 0.4) is 0 Å². The summed E-state index contributed by atoms with van der Waals surface area (Å²) in [5.41, 5.74) is 10.1. The summed E-state index contributed by atoms with van der Waals surface area (Å²) in [6.07, 6.45) is 1.62.